The molecule has 0 aromatic carbocycles. The SMILES string of the molecule is COC(=O)[C@H](Br)C(F)(F)Br. The van der Waals surface area contributed by atoms with Crippen LogP contribution in [0.25, 0.3) is 0 Å². The molecular formula is C4H4Br2F2O2. The minimum absolute atomic E-state index is 1.01. The Bertz CT molecular complexity index is 134. The molecular weight excluding hydrogens is 278 g/mol. The quantitative estimate of drug-likeness (QED) is 0.571. The summed E-state index contributed by atoms with van der Waals surface area (Å²) in [5.41, 5.74) is 0. The van der Waals surface area contributed by atoms with E-state index in [0.29, 0.717) is 0 Å². The highest BCUT2D eigenvalue weighted by atomic mass is 79.9. The summed E-state index contributed by atoms with van der Waals surface area (Å²) in [6.45, 7) is 0. The summed E-state index contributed by atoms with van der Waals surface area (Å²) in [5.74, 6) is -1.01. The molecule has 0 saturated heterocycles. The van der Waals surface area contributed by atoms with Gasteiger partial charge in [-0.25, -0.2) is 0 Å². The number of halogens is 4. The van der Waals surface area contributed by atoms with Gasteiger partial charge in [-0.1, -0.05) is 15.9 Å². The maximum Gasteiger partial charge on any atom is 0.326 e. The Labute approximate surface area is 73.2 Å². The number of methoxy groups -OCH3 is 1. The lowest BCUT2D eigenvalue weighted by atomic mass is 10.4. The van der Waals surface area contributed by atoms with E-state index in [0.717, 1.165) is 7.11 Å². The average Bonchev–Trinajstić information content (AvgIpc) is 1.83. The molecule has 0 aromatic rings. The number of ether oxygens (including phenoxy) is 1. The molecule has 2 nitrogen and oxygen atoms in total. The van der Waals surface area contributed by atoms with Crippen LogP contribution in [0.15, 0.2) is 0 Å². The van der Waals surface area contributed by atoms with Crippen LogP contribution in [0.2, 0.25) is 0 Å². The molecule has 0 aromatic heterocycles. The minimum Gasteiger partial charge on any atom is -0.468 e. The van der Waals surface area contributed by atoms with E-state index in [1.54, 1.807) is 0 Å². The first-order chi connectivity index (χ1) is 4.39. The van der Waals surface area contributed by atoms with E-state index in [-0.39, 0.29) is 0 Å². The summed E-state index contributed by atoms with van der Waals surface area (Å²) in [5, 5.41) is 0. The van der Waals surface area contributed by atoms with Crippen molar-refractivity contribution in [3.63, 3.8) is 0 Å². The molecule has 0 aliphatic rings. The summed E-state index contributed by atoms with van der Waals surface area (Å²) in [6, 6.07) is 0. The van der Waals surface area contributed by atoms with Gasteiger partial charge in [0.05, 0.1) is 7.11 Å². The van der Waals surface area contributed by atoms with Gasteiger partial charge in [0.1, 0.15) is 0 Å². The highest BCUT2D eigenvalue weighted by Crippen LogP contribution is 2.31. The van der Waals surface area contributed by atoms with Gasteiger partial charge in [0.15, 0.2) is 4.83 Å². The molecule has 0 heterocycles. The van der Waals surface area contributed by atoms with Crippen LogP contribution >= 0.6 is 31.9 Å². The van der Waals surface area contributed by atoms with Crippen LogP contribution in [0.5, 0.6) is 0 Å². The lowest BCUT2D eigenvalue weighted by molar-refractivity contribution is -0.143. The van der Waals surface area contributed by atoms with Crippen LogP contribution < -0.4 is 0 Å². The van der Waals surface area contributed by atoms with Gasteiger partial charge < -0.3 is 4.74 Å². The fourth-order valence-corrected chi connectivity index (χ4v) is 0.611. The number of alkyl halides is 4. The lowest BCUT2D eigenvalue weighted by Gasteiger charge is -2.12. The van der Waals surface area contributed by atoms with E-state index < -0.39 is 15.6 Å². The fraction of sp³-hybridized carbons (Fsp3) is 0.750. The Morgan fingerprint density at radius 3 is 2.20 bits per heavy atom. The second-order valence-electron chi connectivity index (χ2n) is 1.43. The third kappa shape index (κ3) is 2.92. The van der Waals surface area contributed by atoms with Crippen LogP contribution in [0.3, 0.4) is 0 Å². The van der Waals surface area contributed by atoms with Crippen molar-refractivity contribution >= 4 is 37.8 Å². The van der Waals surface area contributed by atoms with Crippen molar-refractivity contribution < 1.29 is 18.3 Å². The molecule has 0 amide bonds. The molecule has 0 aliphatic heterocycles. The molecule has 0 aliphatic carbocycles. The van der Waals surface area contributed by atoms with Crippen LogP contribution in [0.1, 0.15) is 0 Å². The number of carbonyl (C=O) groups is 1. The second kappa shape index (κ2) is 3.61. The highest BCUT2D eigenvalue weighted by molar-refractivity contribution is 9.12. The zero-order valence-corrected chi connectivity index (χ0v) is 8.08. The molecule has 0 unspecified atom stereocenters. The molecule has 6 heteroatoms. The first-order valence-electron chi connectivity index (χ1n) is 2.18. The Morgan fingerprint density at radius 2 is 2.10 bits per heavy atom. The molecule has 10 heavy (non-hydrogen) atoms. The Hall–Kier alpha value is 0.290. The van der Waals surface area contributed by atoms with Crippen molar-refractivity contribution in [2.75, 3.05) is 7.11 Å². The number of carbonyl (C=O) groups excluding carboxylic acids is 1. The fourth-order valence-electron chi connectivity index (χ4n) is 0.237. The third-order valence-corrected chi connectivity index (χ3v) is 2.72. The van der Waals surface area contributed by atoms with E-state index in [1.165, 1.54) is 0 Å². The second-order valence-corrected chi connectivity index (χ2v) is 3.40. The van der Waals surface area contributed by atoms with Crippen molar-refractivity contribution in [2.45, 2.75) is 9.66 Å². The van der Waals surface area contributed by atoms with E-state index >= 15 is 0 Å². The standard InChI is InChI=1S/C4H4Br2F2O2/c1-10-3(9)2(5)4(6,7)8/h2H,1H3/t2-/m0/s1. The third-order valence-electron chi connectivity index (χ3n) is 0.696. The van der Waals surface area contributed by atoms with Crippen molar-refractivity contribution in [3.8, 4) is 0 Å². The van der Waals surface area contributed by atoms with Gasteiger partial charge in [0, 0.05) is 0 Å². The number of rotatable bonds is 2. The van der Waals surface area contributed by atoms with Crippen LogP contribution in [0.4, 0.5) is 8.78 Å². The maximum atomic E-state index is 12.1. The maximum absolute atomic E-state index is 12.1. The van der Waals surface area contributed by atoms with Gasteiger partial charge in [0.25, 0.3) is 0 Å². The van der Waals surface area contributed by atoms with Gasteiger partial charge in [-0.05, 0) is 15.9 Å². The molecule has 0 bridgehead atoms. The summed E-state index contributed by atoms with van der Waals surface area (Å²) in [6.07, 6.45) is 0. The Morgan fingerprint density at radius 1 is 1.70 bits per heavy atom. The van der Waals surface area contributed by atoms with Gasteiger partial charge in [0.2, 0.25) is 0 Å². The van der Waals surface area contributed by atoms with Crippen LogP contribution in [0, 0.1) is 0 Å². The van der Waals surface area contributed by atoms with E-state index in [2.05, 4.69) is 20.7 Å². The van der Waals surface area contributed by atoms with Gasteiger partial charge in [-0.3, -0.25) is 4.79 Å². The van der Waals surface area contributed by atoms with Crippen molar-refractivity contribution in [1.29, 1.82) is 0 Å². The summed E-state index contributed by atoms with van der Waals surface area (Å²) < 4.78 is 28.3. The molecule has 0 spiro atoms. The lowest BCUT2D eigenvalue weighted by Crippen LogP contribution is -2.30. The first kappa shape index (κ1) is 10.3. The minimum atomic E-state index is -3.26. The highest BCUT2D eigenvalue weighted by Gasteiger charge is 2.40. The smallest absolute Gasteiger partial charge is 0.326 e. The summed E-state index contributed by atoms with van der Waals surface area (Å²) in [4.78, 5) is 5.48. The largest absolute Gasteiger partial charge is 0.468 e. The normalized spacial score (nSPS) is 14.5. The zero-order valence-electron chi connectivity index (χ0n) is 4.91. The number of hydrogen-bond donors (Lipinski definition) is 0. The van der Waals surface area contributed by atoms with Gasteiger partial charge in [-0.15, -0.1) is 0 Å². The van der Waals surface area contributed by atoms with Gasteiger partial charge >= 0.3 is 10.8 Å². The monoisotopic (exact) mass is 280 g/mol. The molecule has 0 N–H and O–H groups in total. The molecule has 0 rings (SSSR count). The number of esters is 1. The predicted molar refractivity (Wildman–Crippen MR) is 38.6 cm³/mol. The average molecular weight is 282 g/mol. The van der Waals surface area contributed by atoms with Crippen LogP contribution in [-0.2, 0) is 9.53 Å². The molecule has 0 fully saturated rings. The van der Waals surface area contributed by atoms with Crippen molar-refractivity contribution in [3.05, 3.63) is 0 Å². The first-order valence-corrected chi connectivity index (χ1v) is 3.89. The van der Waals surface area contributed by atoms with E-state index in [1.807, 2.05) is 15.9 Å². The molecule has 0 saturated carbocycles. The topological polar surface area (TPSA) is 26.3 Å². The molecule has 0 radical (unpaired) electrons. The number of hydrogen-bond acceptors (Lipinski definition) is 2. The summed E-state index contributed by atoms with van der Waals surface area (Å²) in [7, 11) is 1.04. The predicted octanol–water partition coefficient (Wildman–Crippen LogP) is 1.91. The van der Waals surface area contributed by atoms with Crippen LogP contribution in [-0.4, -0.2) is 22.7 Å². The summed E-state index contributed by atoms with van der Waals surface area (Å²) >= 11 is 4.46. The van der Waals surface area contributed by atoms with Crippen molar-refractivity contribution in [1.82, 2.24) is 0 Å². The zero-order chi connectivity index (χ0) is 8.36. The Kier molecular flexibility index (Phi) is 3.72. The van der Waals surface area contributed by atoms with E-state index in [4.69, 9.17) is 0 Å². The van der Waals surface area contributed by atoms with Crippen molar-refractivity contribution in [2.24, 2.45) is 0 Å². The Balaban J connectivity index is 4.08. The molecule has 60 valence electrons. The van der Waals surface area contributed by atoms with E-state index in [9.17, 15) is 13.6 Å². The van der Waals surface area contributed by atoms with Gasteiger partial charge in [-0.2, -0.15) is 8.78 Å². The molecule has 1 atom stereocenters.